The van der Waals surface area contributed by atoms with Gasteiger partial charge >= 0.3 is 0 Å². The lowest BCUT2D eigenvalue weighted by Gasteiger charge is -2.12. The molecule has 136 valence electrons. The summed E-state index contributed by atoms with van der Waals surface area (Å²) in [5.74, 6) is -0.230. The highest BCUT2D eigenvalue weighted by molar-refractivity contribution is 6.07. The molecule has 3 heterocycles. The second kappa shape index (κ2) is 6.64. The zero-order chi connectivity index (χ0) is 19.0. The number of carbonyl (C=O) groups excluding carboxylic acids is 1. The summed E-state index contributed by atoms with van der Waals surface area (Å²) in [5.41, 5.74) is 3.33. The number of nitrogens with zero attached hydrogens (tertiary/aromatic N) is 6. The number of carbonyl (C=O) groups is 1. The summed E-state index contributed by atoms with van der Waals surface area (Å²) >= 11 is 0. The van der Waals surface area contributed by atoms with E-state index in [1.165, 1.54) is 6.33 Å². The van der Waals surface area contributed by atoms with Gasteiger partial charge in [0.05, 0.1) is 28.8 Å². The number of benzene rings is 1. The van der Waals surface area contributed by atoms with Crippen LogP contribution in [0.5, 0.6) is 0 Å². The summed E-state index contributed by atoms with van der Waals surface area (Å²) < 4.78 is 3.46. The summed E-state index contributed by atoms with van der Waals surface area (Å²) in [5, 5.41) is 12.3. The number of rotatable bonds is 4. The number of hydrogen-bond acceptors (Lipinski definition) is 5. The number of para-hydroxylation sites is 2. The van der Waals surface area contributed by atoms with E-state index in [9.17, 15) is 4.79 Å². The molecule has 0 unspecified atom stereocenters. The summed E-state index contributed by atoms with van der Waals surface area (Å²) in [7, 11) is 0. The van der Waals surface area contributed by atoms with E-state index in [2.05, 4.69) is 25.5 Å². The number of anilines is 1. The Bertz CT molecular complexity index is 1110. The lowest BCUT2D eigenvalue weighted by Crippen LogP contribution is -2.16. The molecule has 0 aliphatic carbocycles. The van der Waals surface area contributed by atoms with Crippen molar-refractivity contribution in [2.75, 3.05) is 5.32 Å². The van der Waals surface area contributed by atoms with Gasteiger partial charge in [0.1, 0.15) is 12.7 Å². The van der Waals surface area contributed by atoms with Crippen molar-refractivity contribution in [1.29, 1.82) is 0 Å². The molecule has 1 amide bonds. The quantitative estimate of drug-likeness (QED) is 0.603. The highest BCUT2D eigenvalue weighted by Crippen LogP contribution is 2.22. The van der Waals surface area contributed by atoms with Gasteiger partial charge in [0.25, 0.3) is 5.91 Å². The zero-order valence-electron chi connectivity index (χ0n) is 15.3. The Balaban J connectivity index is 1.69. The Morgan fingerprint density at radius 3 is 2.74 bits per heavy atom. The van der Waals surface area contributed by atoms with Crippen LogP contribution in [0.4, 0.5) is 5.69 Å². The molecule has 0 atom stereocenters. The smallest absolute Gasteiger partial charge is 0.257 e. The monoisotopic (exact) mass is 361 g/mol. The number of aryl methyl sites for hydroxylation is 1. The van der Waals surface area contributed by atoms with Gasteiger partial charge in [-0.05, 0) is 39.0 Å². The van der Waals surface area contributed by atoms with Crippen molar-refractivity contribution in [2.24, 2.45) is 0 Å². The van der Waals surface area contributed by atoms with Gasteiger partial charge in [-0.25, -0.2) is 19.3 Å². The van der Waals surface area contributed by atoms with Crippen LogP contribution >= 0.6 is 0 Å². The molecule has 1 N–H and O–H groups in total. The minimum atomic E-state index is -0.230. The molecule has 0 radical (unpaired) electrons. The van der Waals surface area contributed by atoms with E-state index < -0.39 is 0 Å². The first kappa shape index (κ1) is 16.9. The maximum absolute atomic E-state index is 12.9. The van der Waals surface area contributed by atoms with Crippen molar-refractivity contribution in [3.63, 3.8) is 0 Å². The van der Waals surface area contributed by atoms with Crippen LogP contribution in [0.1, 0.15) is 35.9 Å². The van der Waals surface area contributed by atoms with Crippen LogP contribution in [0.25, 0.3) is 16.7 Å². The van der Waals surface area contributed by atoms with Crippen LogP contribution in [0.2, 0.25) is 0 Å². The second-order valence-corrected chi connectivity index (χ2v) is 6.53. The summed E-state index contributed by atoms with van der Waals surface area (Å²) in [4.78, 5) is 21.5. The minimum Gasteiger partial charge on any atom is -0.320 e. The first-order valence-electron chi connectivity index (χ1n) is 8.65. The van der Waals surface area contributed by atoms with Gasteiger partial charge in [-0.3, -0.25) is 4.79 Å². The van der Waals surface area contributed by atoms with Gasteiger partial charge in [0.2, 0.25) is 0 Å². The molecule has 0 fully saturated rings. The van der Waals surface area contributed by atoms with E-state index in [-0.39, 0.29) is 11.9 Å². The number of fused-ring (bicyclic) bond motifs is 1. The number of aromatic nitrogens is 6. The highest BCUT2D eigenvalue weighted by atomic mass is 16.1. The normalized spacial score (nSPS) is 11.3. The van der Waals surface area contributed by atoms with Crippen molar-refractivity contribution in [2.45, 2.75) is 26.8 Å². The molecule has 27 heavy (non-hydrogen) atoms. The van der Waals surface area contributed by atoms with Crippen molar-refractivity contribution in [3.05, 3.63) is 60.4 Å². The van der Waals surface area contributed by atoms with E-state index in [4.69, 9.17) is 0 Å². The number of hydrogen-bond donors (Lipinski definition) is 1. The molecule has 4 aromatic rings. The Labute approximate surface area is 155 Å². The molecule has 0 saturated heterocycles. The Kier molecular flexibility index (Phi) is 4.15. The van der Waals surface area contributed by atoms with Crippen molar-refractivity contribution < 1.29 is 4.79 Å². The molecule has 3 aromatic heterocycles. The lowest BCUT2D eigenvalue weighted by atomic mass is 10.1. The molecule has 0 spiro atoms. The van der Waals surface area contributed by atoms with Crippen LogP contribution in [0.15, 0.2) is 49.2 Å². The van der Waals surface area contributed by atoms with E-state index in [1.54, 1.807) is 17.2 Å². The fraction of sp³-hybridized carbons (Fsp3) is 0.211. The standard InChI is InChI=1S/C19H19N7O/c1-12(2)26-18-14(9-21-26)8-15(13(3)23-18)19(27)24-16-6-4-5-7-17(16)25-11-20-10-22-25/h4-12H,1-3H3,(H,24,27). The number of nitrogens with one attached hydrogen (secondary N) is 1. The van der Waals surface area contributed by atoms with Gasteiger partial charge in [0.15, 0.2) is 5.65 Å². The third-order valence-corrected chi connectivity index (χ3v) is 4.31. The molecule has 4 rings (SSSR count). The maximum Gasteiger partial charge on any atom is 0.257 e. The van der Waals surface area contributed by atoms with Gasteiger partial charge in [-0.15, -0.1) is 0 Å². The Morgan fingerprint density at radius 2 is 2.00 bits per heavy atom. The molecular formula is C19H19N7O. The topological polar surface area (TPSA) is 90.5 Å². The molecule has 0 aliphatic rings. The second-order valence-electron chi connectivity index (χ2n) is 6.53. The summed E-state index contributed by atoms with van der Waals surface area (Å²) in [6.07, 6.45) is 4.78. The van der Waals surface area contributed by atoms with E-state index in [0.717, 1.165) is 16.7 Å². The fourth-order valence-corrected chi connectivity index (χ4v) is 2.97. The van der Waals surface area contributed by atoms with Crippen molar-refractivity contribution >= 4 is 22.6 Å². The van der Waals surface area contributed by atoms with Crippen LogP contribution in [-0.2, 0) is 0 Å². The Morgan fingerprint density at radius 1 is 1.19 bits per heavy atom. The van der Waals surface area contributed by atoms with Crippen LogP contribution in [-0.4, -0.2) is 35.4 Å². The number of pyridine rings is 1. The fourth-order valence-electron chi connectivity index (χ4n) is 2.97. The largest absolute Gasteiger partial charge is 0.320 e. The van der Waals surface area contributed by atoms with Gasteiger partial charge in [-0.1, -0.05) is 12.1 Å². The van der Waals surface area contributed by atoms with Crippen LogP contribution in [0.3, 0.4) is 0 Å². The SMILES string of the molecule is Cc1nc2c(cnn2C(C)C)cc1C(=O)Nc1ccccc1-n1cncn1. The van der Waals surface area contributed by atoms with Gasteiger partial charge in [-0.2, -0.15) is 10.2 Å². The van der Waals surface area contributed by atoms with Crippen molar-refractivity contribution in [3.8, 4) is 5.69 Å². The average Bonchev–Trinajstić information content (AvgIpc) is 3.31. The molecule has 1 aromatic carbocycles. The van der Waals surface area contributed by atoms with Crippen LogP contribution in [0, 0.1) is 6.92 Å². The predicted molar refractivity (Wildman–Crippen MR) is 102 cm³/mol. The third kappa shape index (κ3) is 3.05. The first-order chi connectivity index (χ1) is 13.0. The minimum absolute atomic E-state index is 0.198. The van der Waals surface area contributed by atoms with Crippen molar-refractivity contribution in [1.82, 2.24) is 29.5 Å². The van der Waals surface area contributed by atoms with Gasteiger partial charge < -0.3 is 5.32 Å². The third-order valence-electron chi connectivity index (χ3n) is 4.31. The highest BCUT2D eigenvalue weighted by Gasteiger charge is 2.17. The molecular weight excluding hydrogens is 342 g/mol. The Hall–Kier alpha value is -3.55. The average molecular weight is 361 g/mol. The van der Waals surface area contributed by atoms with Gasteiger partial charge in [0, 0.05) is 11.4 Å². The molecule has 0 aliphatic heterocycles. The molecule has 0 saturated carbocycles. The summed E-state index contributed by atoms with van der Waals surface area (Å²) in [6.45, 7) is 5.92. The van der Waals surface area contributed by atoms with E-state index in [0.29, 0.717) is 16.9 Å². The first-order valence-corrected chi connectivity index (χ1v) is 8.65. The molecule has 8 heteroatoms. The molecule has 8 nitrogen and oxygen atoms in total. The van der Waals surface area contributed by atoms with E-state index in [1.807, 2.05) is 55.8 Å². The summed E-state index contributed by atoms with van der Waals surface area (Å²) in [6, 6.07) is 9.46. The lowest BCUT2D eigenvalue weighted by molar-refractivity contribution is 0.102. The van der Waals surface area contributed by atoms with E-state index >= 15 is 0 Å². The predicted octanol–water partition coefficient (Wildman–Crippen LogP) is 3.15. The number of amides is 1. The van der Waals surface area contributed by atoms with Crippen LogP contribution < -0.4 is 5.32 Å². The molecule has 0 bridgehead atoms. The zero-order valence-corrected chi connectivity index (χ0v) is 15.3. The maximum atomic E-state index is 12.9.